The molecule has 6 fully saturated rings. The van der Waals surface area contributed by atoms with Gasteiger partial charge < -0.3 is 0 Å². The first-order valence-corrected chi connectivity index (χ1v) is 14.3. The number of carbonyl (C=O) groups excluding carboxylic acids is 1. The van der Waals surface area contributed by atoms with Gasteiger partial charge in [0.1, 0.15) is 5.78 Å². The predicted octanol–water partition coefficient (Wildman–Crippen LogP) is 2.83. The zero-order chi connectivity index (χ0) is 21.9. The van der Waals surface area contributed by atoms with Gasteiger partial charge in [0.15, 0.2) is 0 Å². The lowest BCUT2D eigenvalue weighted by Gasteiger charge is -2.63. The van der Waals surface area contributed by atoms with Crippen LogP contribution in [0.4, 0.5) is 0 Å². The van der Waals surface area contributed by atoms with E-state index in [1.54, 1.807) is 0 Å². The minimum atomic E-state index is -4.32. The maximum absolute atomic E-state index is 13.3. The van der Waals surface area contributed by atoms with Crippen molar-refractivity contribution in [3.63, 3.8) is 0 Å². The minimum absolute atomic E-state index is 0.0205. The monoisotopic (exact) mass is 460 g/mol. The second-order valence-corrected chi connectivity index (χ2v) is 14.8. The third kappa shape index (κ3) is 2.90. The van der Waals surface area contributed by atoms with Crippen LogP contribution in [0.2, 0.25) is 0 Å². The molecule has 0 amide bonds. The van der Waals surface area contributed by atoms with E-state index in [0.717, 1.165) is 38.5 Å². The zero-order valence-corrected chi connectivity index (χ0v) is 19.2. The van der Waals surface area contributed by atoms with Crippen LogP contribution < -0.4 is 0 Å². The lowest BCUT2D eigenvalue weighted by molar-refractivity contribution is -0.147. The Morgan fingerprint density at radius 1 is 0.900 bits per heavy atom. The quantitative estimate of drug-likeness (QED) is 0.604. The van der Waals surface area contributed by atoms with Gasteiger partial charge in [0, 0.05) is 6.42 Å². The molecule has 0 saturated heterocycles. The maximum Gasteiger partial charge on any atom is 0.265 e. The molecule has 0 aromatic heterocycles. The molecule has 6 saturated carbocycles. The fourth-order valence-electron chi connectivity index (χ4n) is 9.55. The van der Waals surface area contributed by atoms with Crippen LogP contribution in [0.15, 0.2) is 0 Å². The van der Waals surface area contributed by atoms with E-state index in [4.69, 9.17) is 0 Å². The van der Waals surface area contributed by atoms with Crippen LogP contribution in [0.5, 0.6) is 0 Å². The average molecular weight is 461 g/mol. The number of rotatable bonds is 5. The van der Waals surface area contributed by atoms with Gasteiger partial charge in [-0.3, -0.25) is 13.9 Å². The second-order valence-electron chi connectivity index (χ2n) is 11.9. The summed E-state index contributed by atoms with van der Waals surface area (Å²) in [7, 11) is -8.38. The first-order valence-electron chi connectivity index (χ1n) is 11.1. The van der Waals surface area contributed by atoms with Crippen LogP contribution in [0.3, 0.4) is 0 Å². The van der Waals surface area contributed by atoms with Gasteiger partial charge >= 0.3 is 0 Å². The van der Waals surface area contributed by atoms with Crippen molar-refractivity contribution < 1.29 is 30.7 Å². The van der Waals surface area contributed by atoms with E-state index in [2.05, 4.69) is 0 Å². The Morgan fingerprint density at radius 2 is 1.47 bits per heavy atom. The molecule has 30 heavy (non-hydrogen) atoms. The van der Waals surface area contributed by atoms with Gasteiger partial charge in [-0.2, -0.15) is 16.8 Å². The molecule has 0 aliphatic heterocycles. The molecule has 5 atom stereocenters. The molecular weight excluding hydrogens is 428 g/mol. The average Bonchev–Trinajstić information content (AvgIpc) is 2.82. The van der Waals surface area contributed by atoms with Gasteiger partial charge in [-0.25, -0.2) is 0 Å². The fourth-order valence-corrected chi connectivity index (χ4v) is 12.0. The van der Waals surface area contributed by atoms with Gasteiger partial charge in [0.05, 0.1) is 16.9 Å². The molecule has 2 N–H and O–H groups in total. The lowest BCUT2D eigenvalue weighted by Crippen LogP contribution is -2.58. The van der Waals surface area contributed by atoms with Crippen LogP contribution >= 0.6 is 0 Å². The molecule has 0 spiro atoms. The molecular formula is C21H32O7S2. The number of Topliss-reactive ketones (excluding diaryl/α,β-unsaturated/α-hetero) is 1. The van der Waals surface area contributed by atoms with E-state index < -0.39 is 36.8 Å². The first kappa shape index (κ1) is 21.3. The van der Waals surface area contributed by atoms with Crippen molar-refractivity contribution in [3.8, 4) is 0 Å². The summed E-state index contributed by atoms with van der Waals surface area (Å²) in [4.78, 5) is 13.3. The molecule has 6 bridgehead atoms. The topological polar surface area (TPSA) is 126 Å². The Kier molecular flexibility index (Phi) is 4.33. The van der Waals surface area contributed by atoms with Crippen LogP contribution in [-0.2, 0) is 25.0 Å². The Hall–Kier alpha value is -0.510. The summed E-state index contributed by atoms with van der Waals surface area (Å²) in [6, 6.07) is 0. The Balaban J connectivity index is 1.53. The van der Waals surface area contributed by atoms with E-state index in [1.165, 1.54) is 0 Å². The molecule has 0 aromatic rings. The van der Waals surface area contributed by atoms with Crippen molar-refractivity contribution in [2.45, 2.75) is 58.8 Å². The summed E-state index contributed by atoms with van der Waals surface area (Å²) in [6.07, 6.45) is 5.46. The zero-order valence-electron chi connectivity index (χ0n) is 17.6. The SMILES string of the molecule is CC1(C)C2CC(=O)C1(CS(=O)(=O)O)C(C1C3CC4CC1CC(CS(=O)(=O)O)(C4)C3)C2. The maximum atomic E-state index is 13.3. The molecule has 6 aliphatic rings. The highest BCUT2D eigenvalue weighted by atomic mass is 32.2. The van der Waals surface area contributed by atoms with Crippen LogP contribution in [0.1, 0.15) is 58.8 Å². The predicted molar refractivity (Wildman–Crippen MR) is 110 cm³/mol. The highest BCUT2D eigenvalue weighted by molar-refractivity contribution is 7.86. The molecule has 0 aromatic carbocycles. The van der Waals surface area contributed by atoms with Crippen LogP contribution in [0.25, 0.3) is 0 Å². The number of fused-ring (bicyclic) bond motifs is 2. The number of ketones is 1. The van der Waals surface area contributed by atoms with Gasteiger partial charge in [-0.1, -0.05) is 13.8 Å². The molecule has 0 radical (unpaired) electrons. The standard InChI is InChI=1S/C21H32O7S2/c1-19(2)15-5-16(21(19,17(22)6-15)11-30(26,27)28)18-13-3-12-4-14(18)9-20(7-12,8-13)10-29(23,24)25/h12-16,18H,3-11H2,1-2H3,(H,23,24,25)(H,26,27,28). The van der Waals surface area contributed by atoms with Crippen molar-refractivity contribution in [1.29, 1.82) is 0 Å². The van der Waals surface area contributed by atoms with Gasteiger partial charge in [-0.05, 0) is 84.9 Å². The smallest absolute Gasteiger partial charge is 0.265 e. The van der Waals surface area contributed by atoms with Crippen molar-refractivity contribution in [1.82, 2.24) is 0 Å². The lowest BCUT2D eigenvalue weighted by atomic mass is 9.43. The molecule has 7 nitrogen and oxygen atoms in total. The van der Waals surface area contributed by atoms with Crippen LogP contribution in [0, 0.1) is 51.8 Å². The van der Waals surface area contributed by atoms with E-state index in [1.807, 2.05) is 13.8 Å². The van der Waals surface area contributed by atoms with E-state index in [9.17, 15) is 30.7 Å². The highest BCUT2D eigenvalue weighted by Crippen LogP contribution is 2.73. The summed E-state index contributed by atoms with van der Waals surface area (Å²) in [5, 5.41) is 0. The van der Waals surface area contributed by atoms with E-state index in [0.29, 0.717) is 12.3 Å². The summed E-state index contributed by atoms with van der Waals surface area (Å²) in [5.74, 6) is 0.472. The fraction of sp³-hybridized carbons (Fsp3) is 0.952. The summed E-state index contributed by atoms with van der Waals surface area (Å²) in [5.41, 5.74) is -1.92. The summed E-state index contributed by atoms with van der Waals surface area (Å²) in [6.45, 7) is 3.98. The number of hydrogen-bond donors (Lipinski definition) is 2. The normalized spacial score (nSPS) is 49.1. The third-order valence-electron chi connectivity index (χ3n) is 10.1. The molecule has 5 unspecified atom stereocenters. The molecule has 170 valence electrons. The molecule has 6 aliphatic carbocycles. The third-order valence-corrected chi connectivity index (χ3v) is 11.9. The van der Waals surface area contributed by atoms with Crippen molar-refractivity contribution in [2.75, 3.05) is 11.5 Å². The summed E-state index contributed by atoms with van der Waals surface area (Å²) < 4.78 is 66.9. The van der Waals surface area contributed by atoms with Crippen LogP contribution in [-0.4, -0.2) is 43.2 Å². The first-order chi connectivity index (χ1) is 13.7. The second kappa shape index (κ2) is 6.08. The van der Waals surface area contributed by atoms with Gasteiger partial charge in [0.2, 0.25) is 0 Å². The molecule has 0 heterocycles. The minimum Gasteiger partial charge on any atom is -0.299 e. The van der Waals surface area contributed by atoms with E-state index >= 15 is 0 Å². The molecule has 6 rings (SSSR count). The van der Waals surface area contributed by atoms with Crippen molar-refractivity contribution >= 4 is 26.0 Å². The molecule has 9 heteroatoms. The number of carbonyl (C=O) groups is 1. The van der Waals surface area contributed by atoms with Gasteiger partial charge in [-0.15, -0.1) is 0 Å². The highest BCUT2D eigenvalue weighted by Gasteiger charge is 2.73. The Labute approximate surface area is 178 Å². The Bertz CT molecular complexity index is 982. The Morgan fingerprint density at radius 3 is 1.97 bits per heavy atom. The summed E-state index contributed by atoms with van der Waals surface area (Å²) >= 11 is 0. The number of hydrogen-bond acceptors (Lipinski definition) is 5. The van der Waals surface area contributed by atoms with Crippen molar-refractivity contribution in [3.05, 3.63) is 0 Å². The largest absolute Gasteiger partial charge is 0.299 e. The van der Waals surface area contributed by atoms with Gasteiger partial charge in [0.25, 0.3) is 20.2 Å². The van der Waals surface area contributed by atoms with E-state index in [-0.39, 0.29) is 46.5 Å². The van der Waals surface area contributed by atoms with Crippen molar-refractivity contribution in [2.24, 2.45) is 51.8 Å².